The zero-order valence-electron chi connectivity index (χ0n) is 12.5. The molecule has 1 unspecified atom stereocenters. The van der Waals surface area contributed by atoms with Crippen LogP contribution < -0.4 is 10.1 Å². The van der Waals surface area contributed by atoms with Gasteiger partial charge < -0.3 is 14.8 Å². The minimum absolute atomic E-state index is 0.0171. The second kappa shape index (κ2) is 5.93. The van der Waals surface area contributed by atoms with E-state index in [0.29, 0.717) is 0 Å². The second-order valence-electron chi connectivity index (χ2n) is 5.36. The van der Waals surface area contributed by atoms with E-state index in [9.17, 15) is 0 Å². The van der Waals surface area contributed by atoms with Gasteiger partial charge in [0.1, 0.15) is 5.75 Å². The molecule has 0 radical (unpaired) electrons. The summed E-state index contributed by atoms with van der Waals surface area (Å²) >= 11 is 0. The third kappa shape index (κ3) is 2.93. The fraction of sp³-hybridized carbons (Fsp3) is 0.625. The van der Waals surface area contributed by atoms with Crippen LogP contribution in [0.3, 0.4) is 0 Å². The fourth-order valence-corrected chi connectivity index (χ4v) is 2.77. The number of ether oxygens (including phenoxy) is 2. The summed E-state index contributed by atoms with van der Waals surface area (Å²) in [5.74, 6) is 0.935. The first-order valence-corrected chi connectivity index (χ1v) is 7.17. The van der Waals surface area contributed by atoms with E-state index < -0.39 is 0 Å². The van der Waals surface area contributed by atoms with Crippen molar-refractivity contribution in [2.24, 2.45) is 0 Å². The largest absolute Gasteiger partial charge is 0.496 e. The lowest BCUT2D eigenvalue weighted by Gasteiger charge is -2.41. The van der Waals surface area contributed by atoms with Gasteiger partial charge >= 0.3 is 0 Å². The van der Waals surface area contributed by atoms with Crippen LogP contribution in [0.15, 0.2) is 18.2 Å². The Morgan fingerprint density at radius 2 is 2.11 bits per heavy atom. The van der Waals surface area contributed by atoms with Crippen molar-refractivity contribution in [1.29, 1.82) is 0 Å². The van der Waals surface area contributed by atoms with Gasteiger partial charge in [-0.3, -0.25) is 0 Å². The second-order valence-corrected chi connectivity index (χ2v) is 5.36. The number of rotatable bonds is 4. The van der Waals surface area contributed by atoms with Gasteiger partial charge in [0.05, 0.1) is 18.8 Å². The Bertz CT molecular complexity index is 427. The molecule has 2 rings (SSSR count). The summed E-state index contributed by atoms with van der Waals surface area (Å²) in [4.78, 5) is 0. The molecule has 1 heterocycles. The summed E-state index contributed by atoms with van der Waals surface area (Å²) < 4.78 is 11.7. The first kappa shape index (κ1) is 14.4. The van der Waals surface area contributed by atoms with E-state index in [1.54, 1.807) is 7.11 Å². The van der Waals surface area contributed by atoms with Gasteiger partial charge in [-0.05, 0) is 43.0 Å². The molecule has 0 bridgehead atoms. The highest BCUT2D eigenvalue weighted by molar-refractivity contribution is 5.37. The molecule has 3 heteroatoms. The van der Waals surface area contributed by atoms with Crippen molar-refractivity contribution in [3.63, 3.8) is 0 Å². The molecule has 1 aliphatic heterocycles. The summed E-state index contributed by atoms with van der Waals surface area (Å²) in [6.07, 6.45) is 2.22. The normalized spacial score (nSPS) is 22.2. The van der Waals surface area contributed by atoms with E-state index in [0.717, 1.165) is 37.2 Å². The number of nitrogens with one attached hydrogen (secondary N) is 1. The molecule has 1 aromatic rings. The summed E-state index contributed by atoms with van der Waals surface area (Å²) in [6.45, 7) is 8.31. The van der Waals surface area contributed by atoms with Gasteiger partial charge in [0.15, 0.2) is 0 Å². The summed E-state index contributed by atoms with van der Waals surface area (Å²) in [7, 11) is 1.71. The van der Waals surface area contributed by atoms with Crippen LogP contribution in [0.25, 0.3) is 0 Å². The van der Waals surface area contributed by atoms with Crippen molar-refractivity contribution in [3.8, 4) is 5.75 Å². The number of hydrogen-bond acceptors (Lipinski definition) is 3. The van der Waals surface area contributed by atoms with Crippen LogP contribution in [0.2, 0.25) is 0 Å². The molecular formula is C16H25NO2. The average Bonchev–Trinajstić information content (AvgIpc) is 2.47. The highest BCUT2D eigenvalue weighted by Crippen LogP contribution is 2.33. The van der Waals surface area contributed by atoms with Crippen molar-refractivity contribution in [3.05, 3.63) is 29.3 Å². The first-order chi connectivity index (χ1) is 9.14. The Hall–Kier alpha value is -1.06. The van der Waals surface area contributed by atoms with E-state index >= 15 is 0 Å². The van der Waals surface area contributed by atoms with Crippen LogP contribution in [-0.4, -0.2) is 25.8 Å². The van der Waals surface area contributed by atoms with Crippen LogP contribution in [0.5, 0.6) is 5.75 Å². The maximum atomic E-state index is 6.38. The quantitative estimate of drug-likeness (QED) is 0.904. The molecule has 3 nitrogen and oxygen atoms in total. The molecule has 106 valence electrons. The maximum Gasteiger partial charge on any atom is 0.121 e. The third-order valence-electron chi connectivity index (χ3n) is 4.25. The molecule has 1 saturated heterocycles. The van der Waals surface area contributed by atoms with Gasteiger partial charge in [-0.15, -0.1) is 0 Å². The van der Waals surface area contributed by atoms with Crippen molar-refractivity contribution in [2.45, 2.75) is 45.3 Å². The maximum absolute atomic E-state index is 6.38. The van der Waals surface area contributed by atoms with Gasteiger partial charge in [0.2, 0.25) is 0 Å². The highest BCUT2D eigenvalue weighted by atomic mass is 16.5. The lowest BCUT2D eigenvalue weighted by Crippen LogP contribution is -2.50. The number of morpholine rings is 1. The Balaban J connectivity index is 2.19. The van der Waals surface area contributed by atoms with Crippen molar-refractivity contribution in [1.82, 2.24) is 5.32 Å². The Morgan fingerprint density at radius 3 is 2.68 bits per heavy atom. The van der Waals surface area contributed by atoms with Gasteiger partial charge in [-0.1, -0.05) is 19.9 Å². The van der Waals surface area contributed by atoms with E-state index in [4.69, 9.17) is 9.47 Å². The lowest BCUT2D eigenvalue weighted by molar-refractivity contribution is -0.122. The van der Waals surface area contributed by atoms with Crippen molar-refractivity contribution in [2.75, 3.05) is 20.2 Å². The Labute approximate surface area is 116 Å². The van der Waals surface area contributed by atoms with Crippen LogP contribution in [0, 0.1) is 6.92 Å². The average molecular weight is 263 g/mol. The van der Waals surface area contributed by atoms with E-state index in [1.807, 2.05) is 6.07 Å². The number of methoxy groups -OCH3 is 1. The zero-order valence-corrected chi connectivity index (χ0v) is 12.5. The molecule has 0 amide bonds. The van der Waals surface area contributed by atoms with E-state index in [-0.39, 0.29) is 11.7 Å². The zero-order chi connectivity index (χ0) is 13.9. The molecular weight excluding hydrogens is 238 g/mol. The molecule has 0 aliphatic carbocycles. The molecule has 19 heavy (non-hydrogen) atoms. The SMILES string of the molecule is CCC1(CC)CNCC(c2ccc(OC)c(C)c2)O1. The standard InChI is InChI=1S/C16H25NO2/c1-5-16(6-2)11-17-10-15(19-16)13-7-8-14(18-4)12(3)9-13/h7-9,15,17H,5-6,10-11H2,1-4H3. The smallest absolute Gasteiger partial charge is 0.121 e. The minimum atomic E-state index is -0.0171. The van der Waals surface area contributed by atoms with Crippen LogP contribution in [0.1, 0.15) is 43.9 Å². The van der Waals surface area contributed by atoms with Crippen LogP contribution >= 0.6 is 0 Å². The number of hydrogen-bond donors (Lipinski definition) is 1. The summed E-state index contributed by atoms with van der Waals surface area (Å²) in [5.41, 5.74) is 2.38. The molecule has 1 N–H and O–H groups in total. The number of benzene rings is 1. The molecule has 0 aromatic heterocycles. The summed E-state index contributed by atoms with van der Waals surface area (Å²) in [5, 5.41) is 3.52. The Kier molecular flexibility index (Phi) is 4.48. The predicted molar refractivity (Wildman–Crippen MR) is 77.7 cm³/mol. The molecule has 0 spiro atoms. The van der Waals surface area contributed by atoms with Gasteiger partial charge in [-0.2, -0.15) is 0 Å². The highest BCUT2D eigenvalue weighted by Gasteiger charge is 2.34. The lowest BCUT2D eigenvalue weighted by atomic mass is 9.93. The van der Waals surface area contributed by atoms with Crippen molar-refractivity contribution < 1.29 is 9.47 Å². The topological polar surface area (TPSA) is 30.5 Å². The van der Waals surface area contributed by atoms with Gasteiger partial charge in [0, 0.05) is 13.1 Å². The molecule has 1 aliphatic rings. The molecule has 1 aromatic carbocycles. The van der Waals surface area contributed by atoms with E-state index in [1.165, 1.54) is 5.56 Å². The third-order valence-corrected chi connectivity index (χ3v) is 4.25. The van der Waals surface area contributed by atoms with E-state index in [2.05, 4.69) is 38.2 Å². The van der Waals surface area contributed by atoms with Crippen molar-refractivity contribution >= 4 is 0 Å². The predicted octanol–water partition coefficient (Wildman–Crippen LogP) is 3.22. The number of aryl methyl sites for hydroxylation is 1. The molecule has 1 fully saturated rings. The van der Waals surface area contributed by atoms with Gasteiger partial charge in [0.25, 0.3) is 0 Å². The monoisotopic (exact) mass is 263 g/mol. The van der Waals surface area contributed by atoms with Crippen LogP contribution in [0.4, 0.5) is 0 Å². The Morgan fingerprint density at radius 1 is 1.37 bits per heavy atom. The molecule has 1 atom stereocenters. The molecule has 0 saturated carbocycles. The van der Waals surface area contributed by atoms with Gasteiger partial charge in [-0.25, -0.2) is 0 Å². The summed E-state index contributed by atoms with van der Waals surface area (Å²) in [6, 6.07) is 6.31. The first-order valence-electron chi connectivity index (χ1n) is 7.17. The van der Waals surface area contributed by atoms with Crippen LogP contribution in [-0.2, 0) is 4.74 Å². The minimum Gasteiger partial charge on any atom is -0.496 e. The fourth-order valence-electron chi connectivity index (χ4n) is 2.77.